The van der Waals surface area contributed by atoms with E-state index < -0.39 is 0 Å². The van der Waals surface area contributed by atoms with Gasteiger partial charge in [0.1, 0.15) is 0 Å². The molecule has 0 spiro atoms. The second-order valence-corrected chi connectivity index (χ2v) is 5.61. The zero-order valence-electron chi connectivity index (χ0n) is 9.83. The number of anilines is 1. The third kappa shape index (κ3) is 2.98. The highest BCUT2D eigenvalue weighted by Gasteiger charge is 2.38. The van der Waals surface area contributed by atoms with Gasteiger partial charge in [0.2, 0.25) is 5.91 Å². The molecule has 0 heterocycles. The molecule has 1 N–H and O–H groups in total. The summed E-state index contributed by atoms with van der Waals surface area (Å²) in [5.74, 6) is 0.0377. The van der Waals surface area contributed by atoms with Crippen molar-refractivity contribution < 1.29 is 9.53 Å². The van der Waals surface area contributed by atoms with Crippen LogP contribution in [0.5, 0.6) is 0 Å². The Bertz CT molecular complexity index is 410. The maximum absolute atomic E-state index is 11.9. The molecule has 0 aliphatic heterocycles. The fraction of sp³-hybridized carbons (Fsp3) is 0.462. The van der Waals surface area contributed by atoms with Gasteiger partial charge in [-0.2, -0.15) is 0 Å². The van der Waals surface area contributed by atoms with E-state index in [2.05, 4.69) is 27.9 Å². The minimum atomic E-state index is -0.204. The van der Waals surface area contributed by atoms with Crippen molar-refractivity contribution in [1.82, 2.24) is 0 Å². The summed E-state index contributed by atoms with van der Waals surface area (Å²) in [6.07, 6.45) is 3.59. The minimum absolute atomic E-state index is 0.0377. The summed E-state index contributed by atoms with van der Waals surface area (Å²) in [7, 11) is 1.69. The highest BCUT2D eigenvalue weighted by Crippen LogP contribution is 2.38. The first kappa shape index (κ1) is 12.8. The van der Waals surface area contributed by atoms with Crippen LogP contribution in [0.2, 0.25) is 0 Å². The number of carbonyl (C=O) groups is 1. The Hall–Kier alpha value is -0.620. The zero-order chi connectivity index (χ0) is 12.3. The van der Waals surface area contributed by atoms with Gasteiger partial charge in [-0.05, 0) is 54.0 Å². The van der Waals surface area contributed by atoms with Crippen LogP contribution in [0.3, 0.4) is 0 Å². The molecule has 4 heteroatoms. The fourth-order valence-electron chi connectivity index (χ4n) is 2.07. The van der Waals surface area contributed by atoms with Gasteiger partial charge < -0.3 is 10.1 Å². The Kier molecular flexibility index (Phi) is 4.04. The lowest BCUT2D eigenvalue weighted by Gasteiger charge is -2.39. The Morgan fingerprint density at radius 1 is 1.47 bits per heavy atom. The summed E-state index contributed by atoms with van der Waals surface area (Å²) in [6, 6.07) is 7.78. The van der Waals surface area contributed by atoms with Gasteiger partial charge in [-0.1, -0.05) is 12.1 Å². The predicted octanol–water partition coefficient (Wildman–Crippen LogP) is 3.19. The second-order valence-electron chi connectivity index (χ2n) is 4.45. The lowest BCUT2D eigenvalue weighted by atomic mass is 9.77. The van der Waals surface area contributed by atoms with Crippen molar-refractivity contribution in [3.8, 4) is 0 Å². The van der Waals surface area contributed by atoms with Crippen LogP contribution >= 0.6 is 22.6 Å². The summed E-state index contributed by atoms with van der Waals surface area (Å²) >= 11 is 2.22. The first-order chi connectivity index (χ1) is 8.15. The van der Waals surface area contributed by atoms with Crippen molar-refractivity contribution in [3.05, 3.63) is 27.8 Å². The van der Waals surface area contributed by atoms with E-state index >= 15 is 0 Å². The normalized spacial score (nSPS) is 17.3. The van der Waals surface area contributed by atoms with Gasteiger partial charge in [0.15, 0.2) is 0 Å². The minimum Gasteiger partial charge on any atom is -0.378 e. The molecule has 3 nitrogen and oxygen atoms in total. The number of halogens is 1. The third-order valence-electron chi connectivity index (χ3n) is 3.33. The molecule has 0 saturated heterocycles. The average Bonchev–Trinajstić information content (AvgIpc) is 2.27. The number of benzene rings is 1. The summed E-state index contributed by atoms with van der Waals surface area (Å²) in [5, 5.41) is 2.94. The van der Waals surface area contributed by atoms with Crippen LogP contribution in [0.15, 0.2) is 24.3 Å². The molecule has 0 atom stereocenters. The quantitative estimate of drug-likeness (QED) is 0.852. The van der Waals surface area contributed by atoms with E-state index in [4.69, 9.17) is 4.74 Å². The summed E-state index contributed by atoms with van der Waals surface area (Å²) in [5.41, 5.74) is 0.674. The number of ether oxygens (including phenoxy) is 1. The first-order valence-corrected chi connectivity index (χ1v) is 6.83. The number of carbonyl (C=O) groups excluding carboxylic acids is 1. The number of rotatable bonds is 4. The second kappa shape index (κ2) is 5.35. The molecule has 1 aromatic carbocycles. The van der Waals surface area contributed by atoms with Crippen LogP contribution in [-0.4, -0.2) is 18.6 Å². The van der Waals surface area contributed by atoms with Crippen LogP contribution < -0.4 is 5.32 Å². The molecular formula is C13H16INO2. The largest absolute Gasteiger partial charge is 0.378 e. The maximum Gasteiger partial charge on any atom is 0.227 e. The van der Waals surface area contributed by atoms with Gasteiger partial charge in [0, 0.05) is 10.7 Å². The Morgan fingerprint density at radius 2 is 2.18 bits per heavy atom. The van der Waals surface area contributed by atoms with Crippen LogP contribution in [-0.2, 0) is 9.53 Å². The average molecular weight is 345 g/mol. The number of nitrogens with one attached hydrogen (secondary N) is 1. The van der Waals surface area contributed by atoms with E-state index in [9.17, 15) is 4.79 Å². The fourth-order valence-corrected chi connectivity index (χ4v) is 2.60. The smallest absolute Gasteiger partial charge is 0.227 e. The highest BCUT2D eigenvalue weighted by atomic mass is 127. The third-order valence-corrected chi connectivity index (χ3v) is 4.27. The van der Waals surface area contributed by atoms with E-state index in [1.54, 1.807) is 7.11 Å². The maximum atomic E-state index is 11.9. The Labute approximate surface area is 115 Å². The molecule has 1 fully saturated rings. The van der Waals surface area contributed by atoms with Gasteiger partial charge in [-0.25, -0.2) is 0 Å². The number of amides is 1. The summed E-state index contributed by atoms with van der Waals surface area (Å²) < 4.78 is 6.50. The molecule has 1 aromatic rings. The molecule has 0 bridgehead atoms. The van der Waals surface area contributed by atoms with E-state index in [0.29, 0.717) is 6.42 Å². The summed E-state index contributed by atoms with van der Waals surface area (Å²) in [6.45, 7) is 0. The lowest BCUT2D eigenvalue weighted by Crippen LogP contribution is -2.42. The van der Waals surface area contributed by atoms with Gasteiger partial charge in [-0.3, -0.25) is 4.79 Å². The molecule has 1 aliphatic carbocycles. The monoisotopic (exact) mass is 345 g/mol. The van der Waals surface area contributed by atoms with Crippen molar-refractivity contribution in [2.24, 2.45) is 0 Å². The van der Waals surface area contributed by atoms with Gasteiger partial charge in [0.25, 0.3) is 0 Å². The zero-order valence-corrected chi connectivity index (χ0v) is 12.0. The molecule has 0 aromatic heterocycles. The van der Waals surface area contributed by atoms with E-state index in [0.717, 1.165) is 28.5 Å². The van der Waals surface area contributed by atoms with Crippen LogP contribution in [0, 0.1) is 3.57 Å². The SMILES string of the molecule is COC1(CC(=O)Nc2ccccc2I)CCC1. The van der Waals surface area contributed by atoms with Crippen LogP contribution in [0.1, 0.15) is 25.7 Å². The van der Waals surface area contributed by atoms with E-state index in [-0.39, 0.29) is 11.5 Å². The summed E-state index contributed by atoms with van der Waals surface area (Å²) in [4.78, 5) is 11.9. The first-order valence-electron chi connectivity index (χ1n) is 5.75. The molecule has 2 rings (SSSR count). The molecule has 17 heavy (non-hydrogen) atoms. The molecule has 92 valence electrons. The van der Waals surface area contributed by atoms with Crippen molar-refractivity contribution in [1.29, 1.82) is 0 Å². The number of hydrogen-bond acceptors (Lipinski definition) is 2. The van der Waals surface area contributed by atoms with Crippen molar-refractivity contribution in [2.45, 2.75) is 31.3 Å². The van der Waals surface area contributed by atoms with Crippen molar-refractivity contribution in [3.63, 3.8) is 0 Å². The van der Waals surface area contributed by atoms with Gasteiger partial charge in [0.05, 0.1) is 17.7 Å². The molecule has 0 unspecified atom stereocenters. The number of methoxy groups -OCH3 is 1. The molecule has 1 saturated carbocycles. The Balaban J connectivity index is 1.96. The Morgan fingerprint density at radius 3 is 2.71 bits per heavy atom. The predicted molar refractivity (Wildman–Crippen MR) is 76.0 cm³/mol. The van der Waals surface area contributed by atoms with Crippen LogP contribution in [0.4, 0.5) is 5.69 Å². The number of para-hydroxylation sites is 1. The van der Waals surface area contributed by atoms with Gasteiger partial charge in [-0.15, -0.1) is 0 Å². The highest BCUT2D eigenvalue weighted by molar-refractivity contribution is 14.1. The van der Waals surface area contributed by atoms with Crippen LogP contribution in [0.25, 0.3) is 0 Å². The molecule has 1 aliphatic rings. The standard InChI is InChI=1S/C13H16INO2/c1-17-13(7-4-8-13)9-12(16)15-11-6-3-2-5-10(11)14/h2-3,5-6H,4,7-9H2,1H3,(H,15,16). The molecule has 0 radical (unpaired) electrons. The molecule has 1 amide bonds. The molecular weight excluding hydrogens is 329 g/mol. The number of hydrogen-bond donors (Lipinski definition) is 1. The topological polar surface area (TPSA) is 38.3 Å². The van der Waals surface area contributed by atoms with E-state index in [1.807, 2.05) is 24.3 Å². The lowest BCUT2D eigenvalue weighted by molar-refractivity contribution is -0.129. The van der Waals surface area contributed by atoms with Crippen molar-refractivity contribution in [2.75, 3.05) is 12.4 Å². The van der Waals surface area contributed by atoms with Gasteiger partial charge >= 0.3 is 0 Å². The van der Waals surface area contributed by atoms with Crippen molar-refractivity contribution >= 4 is 34.2 Å². The van der Waals surface area contributed by atoms with E-state index in [1.165, 1.54) is 0 Å².